The molecule has 6 heteroatoms. The standard InChI is InChI=1S/C9H5ClF3IO/c1-4(15)8-6(9(11,12)13)2-5(14)3-7(8)10/h2-3H,1H3. The molecule has 0 atom stereocenters. The first kappa shape index (κ1) is 12.8. The first-order valence-corrected chi connectivity index (χ1v) is 5.26. The highest BCUT2D eigenvalue weighted by Gasteiger charge is 2.35. The van der Waals surface area contributed by atoms with Gasteiger partial charge in [-0.1, -0.05) is 11.6 Å². The lowest BCUT2D eigenvalue weighted by Crippen LogP contribution is -2.12. The maximum Gasteiger partial charge on any atom is 0.417 e. The Balaban J connectivity index is 3.54. The molecule has 82 valence electrons. The molecule has 15 heavy (non-hydrogen) atoms. The Kier molecular flexibility index (Phi) is 3.65. The van der Waals surface area contributed by atoms with E-state index in [2.05, 4.69) is 0 Å². The lowest BCUT2D eigenvalue weighted by Gasteiger charge is -2.12. The molecule has 0 radical (unpaired) electrons. The molecule has 0 saturated heterocycles. The van der Waals surface area contributed by atoms with Gasteiger partial charge in [-0.25, -0.2) is 0 Å². The van der Waals surface area contributed by atoms with Crippen LogP contribution in [0.25, 0.3) is 0 Å². The van der Waals surface area contributed by atoms with Crippen molar-refractivity contribution in [3.05, 3.63) is 31.9 Å². The van der Waals surface area contributed by atoms with Crippen molar-refractivity contribution < 1.29 is 18.0 Å². The zero-order valence-corrected chi connectivity index (χ0v) is 10.4. The van der Waals surface area contributed by atoms with Gasteiger partial charge < -0.3 is 0 Å². The van der Waals surface area contributed by atoms with Gasteiger partial charge in [-0.2, -0.15) is 13.2 Å². The van der Waals surface area contributed by atoms with Crippen LogP contribution in [0, 0.1) is 3.57 Å². The van der Waals surface area contributed by atoms with Crippen molar-refractivity contribution in [3.8, 4) is 0 Å². The minimum Gasteiger partial charge on any atom is -0.294 e. The Morgan fingerprint density at radius 2 is 1.93 bits per heavy atom. The molecule has 0 fully saturated rings. The van der Waals surface area contributed by atoms with E-state index in [1.807, 2.05) is 0 Å². The lowest BCUT2D eigenvalue weighted by atomic mass is 10.0. The van der Waals surface area contributed by atoms with Crippen LogP contribution in [0.1, 0.15) is 22.8 Å². The third kappa shape index (κ3) is 2.84. The Hall–Kier alpha value is -0.300. The van der Waals surface area contributed by atoms with Crippen LogP contribution in [0.15, 0.2) is 12.1 Å². The van der Waals surface area contributed by atoms with Crippen molar-refractivity contribution in [2.45, 2.75) is 13.1 Å². The predicted octanol–water partition coefficient (Wildman–Crippen LogP) is 4.17. The highest BCUT2D eigenvalue weighted by Crippen LogP contribution is 2.36. The van der Waals surface area contributed by atoms with E-state index < -0.39 is 23.1 Å². The van der Waals surface area contributed by atoms with Crippen LogP contribution in [0.2, 0.25) is 5.02 Å². The first-order valence-electron chi connectivity index (χ1n) is 3.80. The second-order valence-corrected chi connectivity index (χ2v) is 4.52. The Morgan fingerprint density at radius 3 is 2.33 bits per heavy atom. The molecule has 0 unspecified atom stereocenters. The molecule has 0 spiro atoms. The topological polar surface area (TPSA) is 17.1 Å². The fourth-order valence-electron chi connectivity index (χ4n) is 1.15. The van der Waals surface area contributed by atoms with Crippen molar-refractivity contribution in [3.63, 3.8) is 0 Å². The maximum absolute atomic E-state index is 12.6. The van der Waals surface area contributed by atoms with Gasteiger partial charge in [0.2, 0.25) is 0 Å². The summed E-state index contributed by atoms with van der Waals surface area (Å²) in [5.74, 6) is -0.691. The number of carbonyl (C=O) groups excluding carboxylic acids is 1. The third-order valence-corrected chi connectivity index (χ3v) is 2.63. The van der Waals surface area contributed by atoms with E-state index in [1.165, 1.54) is 6.07 Å². The summed E-state index contributed by atoms with van der Waals surface area (Å²) in [4.78, 5) is 11.1. The highest BCUT2D eigenvalue weighted by molar-refractivity contribution is 14.1. The van der Waals surface area contributed by atoms with Gasteiger partial charge in [0.1, 0.15) is 0 Å². The number of rotatable bonds is 1. The molecule has 1 rings (SSSR count). The zero-order valence-electron chi connectivity index (χ0n) is 7.45. The van der Waals surface area contributed by atoms with Crippen molar-refractivity contribution in [2.24, 2.45) is 0 Å². The molecule has 1 nitrogen and oxygen atoms in total. The molecular formula is C9H5ClF3IO. The number of benzene rings is 1. The molecule has 0 heterocycles. The molecule has 0 amide bonds. The second kappa shape index (κ2) is 4.29. The Bertz CT molecular complexity index is 415. The van der Waals surface area contributed by atoms with E-state index in [9.17, 15) is 18.0 Å². The monoisotopic (exact) mass is 348 g/mol. The van der Waals surface area contributed by atoms with Gasteiger partial charge in [-0.3, -0.25) is 4.79 Å². The van der Waals surface area contributed by atoms with Crippen LogP contribution in [0.4, 0.5) is 13.2 Å². The number of carbonyl (C=O) groups is 1. The summed E-state index contributed by atoms with van der Waals surface area (Å²) in [6.07, 6.45) is -4.56. The zero-order chi connectivity index (χ0) is 11.8. The Labute approximate surface area is 103 Å². The normalized spacial score (nSPS) is 11.6. The van der Waals surface area contributed by atoms with Crippen molar-refractivity contribution in [1.82, 2.24) is 0 Å². The van der Waals surface area contributed by atoms with Crippen LogP contribution in [-0.4, -0.2) is 5.78 Å². The van der Waals surface area contributed by atoms with Crippen LogP contribution in [-0.2, 0) is 6.18 Å². The van der Waals surface area contributed by atoms with Gasteiger partial charge in [0.15, 0.2) is 5.78 Å². The molecule has 0 aliphatic carbocycles. The van der Waals surface area contributed by atoms with E-state index in [4.69, 9.17) is 11.6 Å². The summed E-state index contributed by atoms with van der Waals surface area (Å²) in [5.41, 5.74) is -1.45. The summed E-state index contributed by atoms with van der Waals surface area (Å²) < 4.78 is 38.0. The summed E-state index contributed by atoms with van der Waals surface area (Å²) in [6.45, 7) is 1.06. The lowest BCUT2D eigenvalue weighted by molar-refractivity contribution is -0.137. The van der Waals surface area contributed by atoms with Gasteiger partial charge in [-0.05, 0) is 41.6 Å². The van der Waals surface area contributed by atoms with Crippen LogP contribution >= 0.6 is 34.2 Å². The molecule has 0 bridgehead atoms. The SMILES string of the molecule is CC(=O)c1c(Cl)cc(I)cc1C(F)(F)F. The molecular weight excluding hydrogens is 343 g/mol. The van der Waals surface area contributed by atoms with E-state index in [-0.39, 0.29) is 5.02 Å². The minimum atomic E-state index is -4.56. The van der Waals surface area contributed by atoms with Gasteiger partial charge in [-0.15, -0.1) is 0 Å². The predicted molar refractivity (Wildman–Crippen MR) is 59.2 cm³/mol. The third-order valence-electron chi connectivity index (χ3n) is 1.71. The number of hydrogen-bond acceptors (Lipinski definition) is 1. The molecule has 0 aliphatic heterocycles. The van der Waals surface area contributed by atoms with Gasteiger partial charge >= 0.3 is 6.18 Å². The van der Waals surface area contributed by atoms with Crippen molar-refractivity contribution in [2.75, 3.05) is 0 Å². The van der Waals surface area contributed by atoms with Gasteiger partial charge in [0.25, 0.3) is 0 Å². The number of Topliss-reactive ketones (excluding diaryl/α,β-unsaturated/α-hetero) is 1. The number of alkyl halides is 3. The maximum atomic E-state index is 12.6. The highest BCUT2D eigenvalue weighted by atomic mass is 127. The molecule has 0 aromatic heterocycles. The average Bonchev–Trinajstić information content (AvgIpc) is 1.99. The summed E-state index contributed by atoms with van der Waals surface area (Å²) in [6, 6.07) is 2.23. The molecule has 1 aromatic rings. The van der Waals surface area contributed by atoms with E-state index in [0.29, 0.717) is 3.57 Å². The Morgan fingerprint density at radius 1 is 1.40 bits per heavy atom. The van der Waals surface area contributed by atoms with Gasteiger partial charge in [0.05, 0.1) is 10.6 Å². The smallest absolute Gasteiger partial charge is 0.294 e. The van der Waals surface area contributed by atoms with Gasteiger partial charge in [0, 0.05) is 9.13 Å². The number of ketones is 1. The molecule has 1 aromatic carbocycles. The fraction of sp³-hybridized carbons (Fsp3) is 0.222. The summed E-state index contributed by atoms with van der Waals surface area (Å²) >= 11 is 7.33. The largest absolute Gasteiger partial charge is 0.417 e. The molecule has 0 N–H and O–H groups in total. The summed E-state index contributed by atoms with van der Waals surface area (Å²) in [7, 11) is 0. The molecule has 0 saturated carbocycles. The minimum absolute atomic E-state index is 0.165. The van der Waals surface area contributed by atoms with Crippen molar-refractivity contribution in [1.29, 1.82) is 0 Å². The van der Waals surface area contributed by atoms with Crippen molar-refractivity contribution >= 4 is 40.0 Å². The van der Waals surface area contributed by atoms with Crippen LogP contribution in [0.5, 0.6) is 0 Å². The fourth-order valence-corrected chi connectivity index (χ4v) is 2.31. The number of hydrogen-bond donors (Lipinski definition) is 0. The van der Waals surface area contributed by atoms with E-state index in [0.717, 1.165) is 13.0 Å². The summed E-state index contributed by atoms with van der Waals surface area (Å²) in [5, 5.41) is -0.165. The van der Waals surface area contributed by atoms with E-state index >= 15 is 0 Å². The molecule has 0 aliphatic rings. The average molecular weight is 348 g/mol. The number of halogens is 5. The second-order valence-electron chi connectivity index (χ2n) is 2.86. The first-order chi connectivity index (χ1) is 6.73. The van der Waals surface area contributed by atoms with Crippen LogP contribution in [0.3, 0.4) is 0 Å². The van der Waals surface area contributed by atoms with E-state index in [1.54, 1.807) is 22.6 Å². The van der Waals surface area contributed by atoms with Crippen LogP contribution < -0.4 is 0 Å². The quantitative estimate of drug-likeness (QED) is 0.550.